The van der Waals surface area contributed by atoms with Gasteiger partial charge in [0.25, 0.3) is 0 Å². The Morgan fingerprint density at radius 3 is 2.83 bits per heavy atom. The third-order valence-corrected chi connectivity index (χ3v) is 5.18. The number of ketones is 1. The van der Waals surface area contributed by atoms with Crippen LogP contribution in [-0.2, 0) is 4.74 Å². The van der Waals surface area contributed by atoms with Gasteiger partial charge in [-0.2, -0.15) is 0 Å². The minimum atomic E-state index is 0.290. The average Bonchev–Trinajstić information content (AvgIpc) is 2.82. The first kappa shape index (κ1) is 14.2. The Morgan fingerprint density at radius 1 is 1.39 bits per heavy atom. The van der Waals surface area contributed by atoms with Crippen molar-refractivity contribution in [1.82, 2.24) is 0 Å². The van der Waals surface area contributed by atoms with E-state index < -0.39 is 0 Å². The highest BCUT2D eigenvalue weighted by Gasteiger charge is 2.14. The molecule has 0 saturated carbocycles. The molecule has 0 unspecified atom stereocenters. The lowest BCUT2D eigenvalue weighted by molar-refractivity contribution is 0.0630. The van der Waals surface area contributed by atoms with E-state index in [1.54, 1.807) is 0 Å². The van der Waals surface area contributed by atoms with E-state index >= 15 is 0 Å². The summed E-state index contributed by atoms with van der Waals surface area (Å²) < 4.78 is 6.36. The van der Waals surface area contributed by atoms with Gasteiger partial charge >= 0.3 is 0 Å². The van der Waals surface area contributed by atoms with Crippen molar-refractivity contribution >= 4 is 33.0 Å². The Labute approximate surface area is 121 Å². The average molecular weight is 331 g/mol. The zero-order valence-corrected chi connectivity index (χ0v) is 12.9. The van der Waals surface area contributed by atoms with Crippen LogP contribution in [0.1, 0.15) is 48.2 Å². The molecule has 1 aromatic rings. The minimum absolute atomic E-state index is 0.290. The lowest BCUT2D eigenvalue weighted by Gasteiger charge is -2.21. The highest BCUT2D eigenvalue weighted by Crippen LogP contribution is 2.24. The fraction of sp³-hybridized carbons (Fsp3) is 0.643. The molecule has 2 heterocycles. The van der Waals surface area contributed by atoms with Gasteiger partial charge in [-0.1, -0.05) is 12.8 Å². The Bertz CT molecular complexity index is 383. The van der Waals surface area contributed by atoms with Crippen LogP contribution in [0.25, 0.3) is 0 Å². The quantitative estimate of drug-likeness (QED) is 0.559. The Kier molecular flexibility index (Phi) is 5.86. The molecule has 1 fully saturated rings. The summed E-state index contributed by atoms with van der Waals surface area (Å²) >= 11 is 4.91. The van der Waals surface area contributed by atoms with E-state index in [4.69, 9.17) is 4.74 Å². The molecule has 100 valence electrons. The molecule has 1 aliphatic heterocycles. The number of unbranched alkanes of at least 4 members (excludes halogenated alkanes) is 1. The van der Waals surface area contributed by atoms with Gasteiger partial charge in [0, 0.05) is 29.5 Å². The van der Waals surface area contributed by atoms with Crippen molar-refractivity contribution in [1.29, 1.82) is 0 Å². The van der Waals surface area contributed by atoms with Crippen molar-refractivity contribution in [2.75, 3.05) is 13.2 Å². The van der Waals surface area contributed by atoms with Gasteiger partial charge in [0.2, 0.25) is 0 Å². The Balaban J connectivity index is 1.61. The number of hydrogen-bond acceptors (Lipinski definition) is 3. The highest BCUT2D eigenvalue weighted by atomic mass is 79.9. The van der Waals surface area contributed by atoms with E-state index in [0.29, 0.717) is 6.42 Å². The van der Waals surface area contributed by atoms with Crippen LogP contribution in [0.4, 0.5) is 0 Å². The molecule has 0 aromatic carbocycles. The number of halogens is 1. The zero-order chi connectivity index (χ0) is 12.8. The predicted octanol–water partition coefficient (Wildman–Crippen LogP) is 4.68. The molecule has 2 nitrogen and oxygen atoms in total. The maximum Gasteiger partial charge on any atom is 0.172 e. The van der Waals surface area contributed by atoms with Crippen molar-refractivity contribution < 1.29 is 9.53 Å². The second-order valence-electron chi connectivity index (χ2n) is 4.85. The zero-order valence-electron chi connectivity index (χ0n) is 10.5. The molecule has 0 bridgehead atoms. The molecule has 1 saturated heterocycles. The number of carbonyl (C=O) groups is 1. The molecular formula is C14H19BrO2S. The van der Waals surface area contributed by atoms with Crippen molar-refractivity contribution in [2.24, 2.45) is 5.92 Å². The normalized spacial score (nSPS) is 16.9. The van der Waals surface area contributed by atoms with E-state index in [1.807, 2.05) is 11.4 Å². The van der Waals surface area contributed by atoms with Crippen LogP contribution in [0, 0.1) is 5.92 Å². The first-order valence-corrected chi connectivity index (χ1v) is 8.28. The summed E-state index contributed by atoms with van der Waals surface area (Å²) in [5.74, 6) is 1.11. The van der Waals surface area contributed by atoms with E-state index in [1.165, 1.54) is 37.0 Å². The molecule has 0 aliphatic carbocycles. The van der Waals surface area contributed by atoms with Gasteiger partial charge in [-0.05, 0) is 47.2 Å². The van der Waals surface area contributed by atoms with Crippen LogP contribution in [0.3, 0.4) is 0 Å². The molecule has 18 heavy (non-hydrogen) atoms. The fourth-order valence-corrected chi connectivity index (χ4v) is 3.73. The van der Waals surface area contributed by atoms with Crippen LogP contribution in [0.5, 0.6) is 0 Å². The summed E-state index contributed by atoms with van der Waals surface area (Å²) in [6.45, 7) is 1.85. The standard InChI is InChI=1S/C14H19BrO2S/c15-12-9-14(18-10-12)13(16)4-2-1-3-11-5-7-17-8-6-11/h9-11H,1-8H2. The summed E-state index contributed by atoms with van der Waals surface area (Å²) in [5.41, 5.74) is 0. The van der Waals surface area contributed by atoms with E-state index in [2.05, 4.69) is 15.9 Å². The maximum absolute atomic E-state index is 11.9. The fourth-order valence-electron chi connectivity index (χ4n) is 2.34. The second-order valence-corrected chi connectivity index (χ2v) is 6.68. The number of Topliss-reactive ketones (excluding diaryl/α,β-unsaturated/α-hetero) is 1. The van der Waals surface area contributed by atoms with Crippen molar-refractivity contribution in [2.45, 2.75) is 38.5 Å². The van der Waals surface area contributed by atoms with Crippen LogP contribution in [0.2, 0.25) is 0 Å². The van der Waals surface area contributed by atoms with Crippen molar-refractivity contribution in [3.05, 3.63) is 20.8 Å². The van der Waals surface area contributed by atoms with Crippen molar-refractivity contribution in [3.63, 3.8) is 0 Å². The van der Waals surface area contributed by atoms with Crippen LogP contribution < -0.4 is 0 Å². The van der Waals surface area contributed by atoms with Gasteiger partial charge in [0.15, 0.2) is 5.78 Å². The van der Waals surface area contributed by atoms with Gasteiger partial charge in [0.1, 0.15) is 0 Å². The molecular weight excluding hydrogens is 312 g/mol. The topological polar surface area (TPSA) is 26.3 Å². The van der Waals surface area contributed by atoms with E-state index in [9.17, 15) is 4.79 Å². The monoisotopic (exact) mass is 330 g/mol. The predicted molar refractivity (Wildman–Crippen MR) is 78.4 cm³/mol. The molecule has 0 atom stereocenters. The molecule has 0 radical (unpaired) electrons. The van der Waals surface area contributed by atoms with Crippen LogP contribution >= 0.6 is 27.3 Å². The molecule has 4 heteroatoms. The van der Waals surface area contributed by atoms with Gasteiger partial charge in [0.05, 0.1) is 4.88 Å². The number of ether oxygens (including phenoxy) is 1. The Morgan fingerprint density at radius 2 is 2.17 bits per heavy atom. The molecule has 0 amide bonds. The number of thiophene rings is 1. The van der Waals surface area contributed by atoms with Crippen LogP contribution in [-0.4, -0.2) is 19.0 Å². The first-order chi connectivity index (χ1) is 8.75. The third-order valence-electron chi connectivity index (χ3n) is 3.45. The summed E-state index contributed by atoms with van der Waals surface area (Å²) in [6, 6.07) is 1.92. The number of carbonyl (C=O) groups excluding carboxylic acids is 1. The van der Waals surface area contributed by atoms with E-state index in [-0.39, 0.29) is 5.78 Å². The summed E-state index contributed by atoms with van der Waals surface area (Å²) in [4.78, 5) is 12.8. The minimum Gasteiger partial charge on any atom is -0.381 e. The number of hydrogen-bond donors (Lipinski definition) is 0. The van der Waals surface area contributed by atoms with Gasteiger partial charge in [-0.25, -0.2) is 0 Å². The molecule has 0 N–H and O–H groups in total. The third kappa shape index (κ3) is 4.48. The summed E-state index contributed by atoms with van der Waals surface area (Å²) in [5, 5.41) is 1.97. The maximum atomic E-state index is 11.9. The lowest BCUT2D eigenvalue weighted by atomic mass is 9.93. The second kappa shape index (κ2) is 7.41. The smallest absolute Gasteiger partial charge is 0.172 e. The molecule has 0 spiro atoms. The lowest BCUT2D eigenvalue weighted by Crippen LogP contribution is -2.15. The molecule has 2 rings (SSSR count). The van der Waals surface area contributed by atoms with Crippen molar-refractivity contribution in [3.8, 4) is 0 Å². The van der Waals surface area contributed by atoms with Crippen LogP contribution in [0.15, 0.2) is 15.9 Å². The SMILES string of the molecule is O=C(CCCCC1CCOCC1)c1cc(Br)cs1. The Hall–Kier alpha value is -0.190. The number of rotatable bonds is 6. The summed E-state index contributed by atoms with van der Waals surface area (Å²) in [6.07, 6.45) is 6.53. The van der Waals surface area contributed by atoms with Gasteiger partial charge in [-0.15, -0.1) is 11.3 Å². The largest absolute Gasteiger partial charge is 0.381 e. The van der Waals surface area contributed by atoms with Gasteiger partial charge < -0.3 is 4.74 Å². The summed E-state index contributed by atoms with van der Waals surface area (Å²) in [7, 11) is 0. The highest BCUT2D eigenvalue weighted by molar-refractivity contribution is 9.10. The van der Waals surface area contributed by atoms with Gasteiger partial charge in [-0.3, -0.25) is 4.79 Å². The molecule has 1 aliphatic rings. The van der Waals surface area contributed by atoms with E-state index in [0.717, 1.165) is 34.9 Å². The first-order valence-electron chi connectivity index (χ1n) is 6.60. The molecule has 1 aromatic heterocycles.